The van der Waals surface area contributed by atoms with Crippen LogP contribution in [0.3, 0.4) is 0 Å². The Labute approximate surface area is 88.0 Å². The Morgan fingerprint density at radius 3 is 2.86 bits per heavy atom. The van der Waals surface area contributed by atoms with E-state index in [2.05, 4.69) is 5.32 Å². The Bertz CT molecular complexity index is 339. The van der Waals surface area contributed by atoms with Crippen molar-refractivity contribution in [2.24, 2.45) is 0 Å². The molecule has 0 aliphatic heterocycles. The number of rotatable bonds is 4. The monoisotopic (exact) mass is 213 g/mol. The second kappa shape index (κ2) is 4.86. The number of benzene rings is 1. The van der Waals surface area contributed by atoms with Crippen molar-refractivity contribution in [2.45, 2.75) is 6.92 Å². The fourth-order valence-electron chi connectivity index (χ4n) is 1.04. The van der Waals surface area contributed by atoms with Crippen molar-refractivity contribution in [3.8, 4) is 5.75 Å². The topological polar surface area (TPSA) is 38.3 Å². The zero-order chi connectivity index (χ0) is 10.6. The summed E-state index contributed by atoms with van der Waals surface area (Å²) >= 11 is 5.81. The zero-order valence-corrected chi connectivity index (χ0v) is 8.89. The Kier molecular flexibility index (Phi) is 3.77. The highest BCUT2D eigenvalue weighted by atomic mass is 35.5. The Morgan fingerprint density at radius 1 is 1.57 bits per heavy atom. The van der Waals surface area contributed by atoms with E-state index in [0.717, 1.165) is 5.69 Å². The van der Waals surface area contributed by atoms with Crippen LogP contribution in [0.2, 0.25) is 5.02 Å². The molecule has 4 heteroatoms. The number of ether oxygens (including phenoxy) is 1. The highest BCUT2D eigenvalue weighted by molar-refractivity contribution is 6.30. The molecule has 0 aliphatic rings. The first kappa shape index (κ1) is 10.9. The van der Waals surface area contributed by atoms with E-state index in [-0.39, 0.29) is 12.3 Å². The Hall–Kier alpha value is -1.22. The quantitative estimate of drug-likeness (QED) is 0.835. The predicted molar refractivity (Wildman–Crippen MR) is 57.2 cm³/mol. The van der Waals surface area contributed by atoms with Gasteiger partial charge in [0.1, 0.15) is 11.5 Å². The number of hydrogen-bond donors (Lipinski definition) is 1. The standard InChI is InChI=1S/C10H12ClNO2/c1-7(13)6-12-9-5-8(11)3-4-10(9)14-2/h3-5,12H,6H2,1-2H3. The van der Waals surface area contributed by atoms with Gasteiger partial charge < -0.3 is 10.1 Å². The summed E-state index contributed by atoms with van der Waals surface area (Å²) in [5.74, 6) is 0.739. The molecule has 0 aromatic heterocycles. The van der Waals surface area contributed by atoms with Crippen molar-refractivity contribution >= 4 is 23.1 Å². The van der Waals surface area contributed by atoms with Gasteiger partial charge in [-0.05, 0) is 25.1 Å². The molecule has 1 N–H and O–H groups in total. The van der Waals surface area contributed by atoms with Crippen LogP contribution >= 0.6 is 11.6 Å². The van der Waals surface area contributed by atoms with E-state index in [4.69, 9.17) is 16.3 Å². The average molecular weight is 214 g/mol. The lowest BCUT2D eigenvalue weighted by Crippen LogP contribution is -2.10. The number of anilines is 1. The van der Waals surface area contributed by atoms with Gasteiger partial charge >= 0.3 is 0 Å². The Morgan fingerprint density at radius 2 is 2.29 bits per heavy atom. The van der Waals surface area contributed by atoms with E-state index in [9.17, 15) is 4.79 Å². The third kappa shape index (κ3) is 2.92. The molecular formula is C10H12ClNO2. The first-order chi connectivity index (χ1) is 6.63. The van der Waals surface area contributed by atoms with Crippen LogP contribution in [0.25, 0.3) is 0 Å². The predicted octanol–water partition coefficient (Wildman–Crippen LogP) is 2.35. The van der Waals surface area contributed by atoms with E-state index < -0.39 is 0 Å². The molecule has 0 saturated heterocycles. The maximum Gasteiger partial charge on any atom is 0.148 e. The normalized spacial score (nSPS) is 9.64. The van der Waals surface area contributed by atoms with Crippen LogP contribution in [-0.2, 0) is 4.79 Å². The van der Waals surface area contributed by atoms with Gasteiger partial charge in [-0.1, -0.05) is 11.6 Å². The van der Waals surface area contributed by atoms with E-state index in [1.54, 1.807) is 25.3 Å². The van der Waals surface area contributed by atoms with Gasteiger partial charge in [0.05, 0.1) is 19.3 Å². The van der Waals surface area contributed by atoms with Crippen molar-refractivity contribution in [3.05, 3.63) is 23.2 Å². The number of methoxy groups -OCH3 is 1. The summed E-state index contributed by atoms with van der Waals surface area (Å²) in [6, 6.07) is 5.22. The summed E-state index contributed by atoms with van der Waals surface area (Å²) in [5.41, 5.74) is 0.732. The van der Waals surface area contributed by atoms with Crippen molar-refractivity contribution in [3.63, 3.8) is 0 Å². The van der Waals surface area contributed by atoms with Gasteiger partial charge in [-0.25, -0.2) is 0 Å². The van der Waals surface area contributed by atoms with E-state index in [0.29, 0.717) is 10.8 Å². The molecule has 0 atom stereocenters. The molecule has 0 saturated carbocycles. The zero-order valence-electron chi connectivity index (χ0n) is 8.13. The van der Waals surface area contributed by atoms with Crippen LogP contribution in [0.15, 0.2) is 18.2 Å². The third-order valence-electron chi connectivity index (χ3n) is 1.69. The molecule has 1 aromatic rings. The number of carbonyl (C=O) groups excluding carboxylic acids is 1. The average Bonchev–Trinajstić information content (AvgIpc) is 2.15. The van der Waals surface area contributed by atoms with Crippen LogP contribution in [0.5, 0.6) is 5.75 Å². The van der Waals surface area contributed by atoms with Crippen LogP contribution in [0.4, 0.5) is 5.69 Å². The van der Waals surface area contributed by atoms with Gasteiger partial charge in [0.25, 0.3) is 0 Å². The largest absolute Gasteiger partial charge is 0.495 e. The summed E-state index contributed by atoms with van der Waals surface area (Å²) in [5, 5.41) is 3.55. The van der Waals surface area contributed by atoms with Crippen molar-refractivity contribution in [1.29, 1.82) is 0 Å². The van der Waals surface area contributed by atoms with Crippen molar-refractivity contribution < 1.29 is 9.53 Å². The lowest BCUT2D eigenvalue weighted by Gasteiger charge is -2.09. The van der Waals surface area contributed by atoms with Gasteiger partial charge in [0.15, 0.2) is 0 Å². The minimum atomic E-state index is 0.0621. The second-order valence-corrected chi connectivity index (χ2v) is 3.34. The lowest BCUT2D eigenvalue weighted by atomic mass is 10.3. The second-order valence-electron chi connectivity index (χ2n) is 2.90. The summed E-state index contributed by atoms with van der Waals surface area (Å²) in [6.45, 7) is 1.79. The number of ketones is 1. The lowest BCUT2D eigenvalue weighted by molar-refractivity contribution is -0.115. The number of halogens is 1. The molecule has 0 heterocycles. The molecule has 1 aromatic carbocycles. The van der Waals surface area contributed by atoms with Gasteiger partial charge in [-0.15, -0.1) is 0 Å². The maximum atomic E-state index is 10.8. The molecule has 0 bridgehead atoms. The van der Waals surface area contributed by atoms with Gasteiger partial charge in [-0.3, -0.25) is 4.79 Å². The Balaban J connectivity index is 2.82. The summed E-state index contributed by atoms with van der Waals surface area (Å²) in [7, 11) is 1.57. The maximum absolute atomic E-state index is 10.8. The smallest absolute Gasteiger partial charge is 0.148 e. The number of carbonyl (C=O) groups is 1. The molecule has 0 fully saturated rings. The van der Waals surface area contributed by atoms with E-state index >= 15 is 0 Å². The molecule has 0 unspecified atom stereocenters. The highest BCUT2D eigenvalue weighted by Crippen LogP contribution is 2.27. The molecule has 1 rings (SSSR count). The SMILES string of the molecule is COc1ccc(Cl)cc1NCC(C)=O. The number of Topliss-reactive ketones (excluding diaryl/α,β-unsaturated/α-hetero) is 1. The van der Waals surface area contributed by atoms with Crippen LogP contribution in [-0.4, -0.2) is 19.4 Å². The highest BCUT2D eigenvalue weighted by Gasteiger charge is 2.03. The molecule has 14 heavy (non-hydrogen) atoms. The fraction of sp³-hybridized carbons (Fsp3) is 0.300. The van der Waals surface area contributed by atoms with Crippen LogP contribution in [0.1, 0.15) is 6.92 Å². The molecular weight excluding hydrogens is 202 g/mol. The summed E-state index contributed by atoms with van der Waals surface area (Å²) < 4.78 is 5.10. The molecule has 76 valence electrons. The van der Waals surface area contributed by atoms with E-state index in [1.807, 2.05) is 0 Å². The third-order valence-corrected chi connectivity index (χ3v) is 1.92. The van der Waals surface area contributed by atoms with Gasteiger partial charge in [0, 0.05) is 5.02 Å². The minimum absolute atomic E-state index is 0.0621. The van der Waals surface area contributed by atoms with Gasteiger partial charge in [-0.2, -0.15) is 0 Å². The fourth-order valence-corrected chi connectivity index (χ4v) is 1.21. The van der Waals surface area contributed by atoms with Crippen LogP contribution in [0, 0.1) is 0 Å². The van der Waals surface area contributed by atoms with Crippen molar-refractivity contribution in [2.75, 3.05) is 19.0 Å². The first-order valence-corrected chi connectivity index (χ1v) is 4.58. The summed E-state index contributed by atoms with van der Waals surface area (Å²) in [4.78, 5) is 10.8. The molecule has 0 spiro atoms. The minimum Gasteiger partial charge on any atom is -0.495 e. The first-order valence-electron chi connectivity index (χ1n) is 4.20. The molecule has 0 radical (unpaired) electrons. The van der Waals surface area contributed by atoms with E-state index in [1.165, 1.54) is 6.92 Å². The molecule has 0 amide bonds. The number of hydrogen-bond acceptors (Lipinski definition) is 3. The van der Waals surface area contributed by atoms with Gasteiger partial charge in [0.2, 0.25) is 0 Å². The molecule has 0 aliphatic carbocycles. The molecule has 3 nitrogen and oxygen atoms in total. The van der Waals surface area contributed by atoms with Crippen LogP contribution < -0.4 is 10.1 Å². The summed E-state index contributed by atoms with van der Waals surface area (Å²) in [6.07, 6.45) is 0. The van der Waals surface area contributed by atoms with Crippen molar-refractivity contribution in [1.82, 2.24) is 0 Å². The number of nitrogens with one attached hydrogen (secondary N) is 1.